The monoisotopic (exact) mass is 450 g/mol. The van der Waals surface area contributed by atoms with Gasteiger partial charge in [0, 0.05) is 13.2 Å². The molecule has 0 saturated carbocycles. The van der Waals surface area contributed by atoms with Crippen LogP contribution < -0.4 is 15.9 Å². The molecule has 8 nitrogen and oxygen atoms in total. The van der Waals surface area contributed by atoms with Crippen LogP contribution in [0.2, 0.25) is 0 Å². The molecule has 0 spiro atoms. The van der Waals surface area contributed by atoms with Gasteiger partial charge in [-0.2, -0.15) is 0 Å². The van der Waals surface area contributed by atoms with Crippen molar-refractivity contribution in [3.05, 3.63) is 75.6 Å². The molecular formula is C25H26N2O6. The minimum Gasteiger partial charge on any atom is -0.484 e. The van der Waals surface area contributed by atoms with Crippen molar-refractivity contribution in [3.63, 3.8) is 0 Å². The normalized spacial score (nSPS) is 15.3. The second-order valence-corrected chi connectivity index (χ2v) is 8.17. The quantitative estimate of drug-likeness (QED) is 0.502. The van der Waals surface area contributed by atoms with Crippen LogP contribution in [0, 0.1) is 0 Å². The molecule has 1 aromatic heterocycles. The standard InChI is InChI=1S/C25H26N2O6/c1-15(2)31-13-5-12-27-22(16-8-10-17(11-9-16)32-14-20(26)28)21-23(29)18-6-3-4-7-19(18)33-24(21)25(27)30/h3-4,6-11,15,22H,5,12-14H2,1-2H3,(H2,26,28)/t22-/m0/s1. The molecule has 172 valence electrons. The van der Waals surface area contributed by atoms with Gasteiger partial charge in [-0.1, -0.05) is 24.3 Å². The molecule has 0 unspecified atom stereocenters. The van der Waals surface area contributed by atoms with Crippen LogP contribution in [0.3, 0.4) is 0 Å². The minimum absolute atomic E-state index is 0.0718. The molecular weight excluding hydrogens is 424 g/mol. The number of carbonyl (C=O) groups excluding carboxylic acids is 2. The Hall–Kier alpha value is -3.65. The van der Waals surface area contributed by atoms with E-state index in [0.717, 1.165) is 5.56 Å². The number of para-hydroxylation sites is 1. The molecule has 0 saturated heterocycles. The second-order valence-electron chi connectivity index (χ2n) is 8.17. The van der Waals surface area contributed by atoms with Gasteiger partial charge in [-0.15, -0.1) is 0 Å². The minimum atomic E-state index is -0.599. The number of hydrogen-bond donors (Lipinski definition) is 1. The SMILES string of the molecule is CC(C)OCCCN1C(=O)c2oc3ccccc3c(=O)c2[C@@H]1c1ccc(OCC(N)=O)cc1. The van der Waals surface area contributed by atoms with E-state index >= 15 is 0 Å². The molecule has 2 aromatic carbocycles. The summed E-state index contributed by atoms with van der Waals surface area (Å²) in [4.78, 5) is 39.4. The van der Waals surface area contributed by atoms with Gasteiger partial charge in [-0.25, -0.2) is 0 Å². The number of benzene rings is 2. The first kappa shape index (κ1) is 22.5. The summed E-state index contributed by atoms with van der Waals surface area (Å²) in [5.74, 6) is -0.364. The van der Waals surface area contributed by atoms with E-state index in [2.05, 4.69) is 0 Å². The first-order chi connectivity index (χ1) is 15.9. The Balaban J connectivity index is 1.72. The van der Waals surface area contributed by atoms with Crippen LogP contribution in [0.5, 0.6) is 5.75 Å². The molecule has 2 heterocycles. The fraction of sp³-hybridized carbons (Fsp3) is 0.320. The first-order valence-electron chi connectivity index (χ1n) is 10.9. The zero-order valence-corrected chi connectivity index (χ0v) is 18.6. The van der Waals surface area contributed by atoms with E-state index in [1.54, 1.807) is 53.4 Å². The van der Waals surface area contributed by atoms with Gasteiger partial charge in [0.1, 0.15) is 11.3 Å². The number of ether oxygens (including phenoxy) is 2. The van der Waals surface area contributed by atoms with Crippen LogP contribution in [-0.4, -0.2) is 42.6 Å². The van der Waals surface area contributed by atoms with E-state index in [1.165, 1.54) is 0 Å². The fourth-order valence-electron chi connectivity index (χ4n) is 4.00. The summed E-state index contributed by atoms with van der Waals surface area (Å²) in [5.41, 5.74) is 6.36. The van der Waals surface area contributed by atoms with E-state index in [1.807, 2.05) is 13.8 Å². The van der Waals surface area contributed by atoms with E-state index in [0.29, 0.717) is 41.9 Å². The van der Waals surface area contributed by atoms with Crippen molar-refractivity contribution in [2.24, 2.45) is 5.73 Å². The Bertz CT molecular complexity index is 1230. The van der Waals surface area contributed by atoms with Crippen LogP contribution in [-0.2, 0) is 9.53 Å². The Morgan fingerprint density at radius 1 is 1.12 bits per heavy atom. The molecule has 4 rings (SSSR count). The van der Waals surface area contributed by atoms with Gasteiger partial charge in [-0.3, -0.25) is 14.4 Å². The Labute approximate surface area is 190 Å². The lowest BCUT2D eigenvalue weighted by molar-refractivity contribution is -0.119. The van der Waals surface area contributed by atoms with Gasteiger partial charge >= 0.3 is 0 Å². The van der Waals surface area contributed by atoms with Crippen LogP contribution in [0.15, 0.2) is 57.7 Å². The van der Waals surface area contributed by atoms with Crippen LogP contribution >= 0.6 is 0 Å². The number of hydrogen-bond acceptors (Lipinski definition) is 6. The average Bonchev–Trinajstić information content (AvgIpc) is 3.07. The molecule has 2 N–H and O–H groups in total. The molecule has 0 radical (unpaired) electrons. The van der Waals surface area contributed by atoms with E-state index in [-0.39, 0.29) is 29.8 Å². The topological polar surface area (TPSA) is 112 Å². The molecule has 1 aliphatic heterocycles. The maximum absolute atomic E-state index is 13.4. The van der Waals surface area contributed by atoms with Gasteiger partial charge in [0.15, 0.2) is 12.0 Å². The Morgan fingerprint density at radius 2 is 1.85 bits per heavy atom. The summed E-state index contributed by atoms with van der Waals surface area (Å²) < 4.78 is 16.9. The molecule has 3 aromatic rings. The summed E-state index contributed by atoms with van der Waals surface area (Å²) in [6, 6.07) is 13.2. The van der Waals surface area contributed by atoms with Crippen LogP contribution in [0.4, 0.5) is 0 Å². The summed E-state index contributed by atoms with van der Waals surface area (Å²) >= 11 is 0. The van der Waals surface area contributed by atoms with Crippen molar-refractivity contribution >= 4 is 22.8 Å². The smallest absolute Gasteiger partial charge is 0.290 e. The maximum Gasteiger partial charge on any atom is 0.290 e. The number of nitrogens with two attached hydrogens (primary N) is 1. The molecule has 0 bridgehead atoms. The second kappa shape index (κ2) is 9.46. The molecule has 1 aliphatic rings. The summed E-state index contributed by atoms with van der Waals surface area (Å²) in [5, 5.41) is 0.431. The van der Waals surface area contributed by atoms with Crippen molar-refractivity contribution in [3.8, 4) is 5.75 Å². The number of primary amides is 1. The number of rotatable bonds is 9. The summed E-state index contributed by atoms with van der Waals surface area (Å²) in [7, 11) is 0. The summed E-state index contributed by atoms with van der Waals surface area (Å²) in [6.45, 7) is 4.57. The lowest BCUT2D eigenvalue weighted by Crippen LogP contribution is -2.31. The van der Waals surface area contributed by atoms with E-state index in [9.17, 15) is 14.4 Å². The largest absolute Gasteiger partial charge is 0.484 e. The van der Waals surface area contributed by atoms with Crippen LogP contribution in [0.25, 0.3) is 11.0 Å². The zero-order valence-electron chi connectivity index (χ0n) is 18.6. The van der Waals surface area contributed by atoms with Crippen LogP contribution in [0.1, 0.15) is 48.0 Å². The number of carbonyl (C=O) groups is 2. The number of amides is 2. The van der Waals surface area contributed by atoms with E-state index in [4.69, 9.17) is 19.6 Å². The highest BCUT2D eigenvalue weighted by Gasteiger charge is 2.42. The van der Waals surface area contributed by atoms with Crippen molar-refractivity contribution < 1.29 is 23.5 Å². The van der Waals surface area contributed by atoms with Crippen molar-refractivity contribution in [2.75, 3.05) is 19.8 Å². The Morgan fingerprint density at radius 3 is 2.55 bits per heavy atom. The predicted molar refractivity (Wildman–Crippen MR) is 122 cm³/mol. The third-order valence-corrected chi connectivity index (χ3v) is 5.44. The molecule has 0 fully saturated rings. The average molecular weight is 450 g/mol. The van der Waals surface area contributed by atoms with Crippen molar-refractivity contribution in [1.82, 2.24) is 4.90 Å². The first-order valence-corrected chi connectivity index (χ1v) is 10.9. The molecule has 33 heavy (non-hydrogen) atoms. The highest BCUT2D eigenvalue weighted by atomic mass is 16.5. The van der Waals surface area contributed by atoms with Gasteiger partial charge in [0.2, 0.25) is 5.76 Å². The molecule has 2 amide bonds. The number of fused-ring (bicyclic) bond motifs is 2. The predicted octanol–water partition coefficient (Wildman–Crippen LogP) is 3.02. The van der Waals surface area contributed by atoms with E-state index < -0.39 is 11.9 Å². The van der Waals surface area contributed by atoms with Gasteiger partial charge in [0.05, 0.1) is 23.1 Å². The van der Waals surface area contributed by atoms with Gasteiger partial charge in [0.25, 0.3) is 11.8 Å². The third kappa shape index (κ3) is 4.61. The Kier molecular flexibility index (Phi) is 6.46. The van der Waals surface area contributed by atoms with Gasteiger partial charge < -0.3 is 24.5 Å². The lowest BCUT2D eigenvalue weighted by Gasteiger charge is -2.25. The molecule has 1 atom stereocenters. The van der Waals surface area contributed by atoms with Crippen molar-refractivity contribution in [1.29, 1.82) is 0 Å². The third-order valence-electron chi connectivity index (χ3n) is 5.44. The highest BCUT2D eigenvalue weighted by Crippen LogP contribution is 2.38. The molecule has 8 heteroatoms. The molecule has 0 aliphatic carbocycles. The maximum atomic E-state index is 13.4. The van der Waals surface area contributed by atoms with Gasteiger partial charge in [-0.05, 0) is 50.1 Å². The fourth-order valence-corrected chi connectivity index (χ4v) is 4.00. The van der Waals surface area contributed by atoms with Crippen molar-refractivity contribution in [2.45, 2.75) is 32.4 Å². The lowest BCUT2D eigenvalue weighted by atomic mass is 9.98. The highest BCUT2D eigenvalue weighted by molar-refractivity contribution is 5.99. The number of nitrogens with zero attached hydrogens (tertiary/aromatic N) is 1. The zero-order chi connectivity index (χ0) is 23.5. The summed E-state index contributed by atoms with van der Waals surface area (Å²) in [6.07, 6.45) is 0.704.